The van der Waals surface area contributed by atoms with Crippen molar-refractivity contribution < 1.29 is 14.5 Å². The molecule has 0 spiro atoms. The van der Waals surface area contributed by atoms with Gasteiger partial charge in [0.15, 0.2) is 0 Å². The van der Waals surface area contributed by atoms with E-state index in [2.05, 4.69) is 4.98 Å². The number of piperidine rings is 1. The molecule has 1 aromatic rings. The van der Waals surface area contributed by atoms with Crippen LogP contribution in [0.1, 0.15) is 25.3 Å². The third-order valence-electron chi connectivity index (χ3n) is 3.70. The van der Waals surface area contributed by atoms with E-state index in [0.29, 0.717) is 43.9 Å². The number of carbonyl (C=O) groups excluding carboxylic acids is 1. The molecule has 2 heterocycles. The van der Waals surface area contributed by atoms with Crippen molar-refractivity contribution in [2.75, 3.05) is 24.6 Å². The minimum absolute atomic E-state index is 0.0482. The van der Waals surface area contributed by atoms with Gasteiger partial charge >= 0.3 is 11.7 Å². The number of aryl methyl sites for hydroxylation is 1. The van der Waals surface area contributed by atoms with E-state index in [-0.39, 0.29) is 17.6 Å². The smallest absolute Gasteiger partial charge is 0.314 e. The van der Waals surface area contributed by atoms with Crippen molar-refractivity contribution in [2.24, 2.45) is 5.92 Å². The van der Waals surface area contributed by atoms with Gasteiger partial charge in [0.05, 0.1) is 17.4 Å². The third kappa shape index (κ3) is 3.29. The highest BCUT2D eigenvalue weighted by Crippen LogP contribution is 2.31. The Hall–Kier alpha value is -2.18. The lowest BCUT2D eigenvalue weighted by molar-refractivity contribution is -0.384. The lowest BCUT2D eigenvalue weighted by Gasteiger charge is -2.31. The molecular weight excluding hydrogens is 274 g/mol. The summed E-state index contributed by atoms with van der Waals surface area (Å²) in [6.45, 7) is 5.01. The number of hydrogen-bond donors (Lipinski definition) is 0. The van der Waals surface area contributed by atoms with Crippen molar-refractivity contribution in [1.29, 1.82) is 0 Å². The van der Waals surface area contributed by atoms with Crippen LogP contribution >= 0.6 is 0 Å². The third-order valence-corrected chi connectivity index (χ3v) is 3.70. The molecule has 2 rings (SSSR count). The summed E-state index contributed by atoms with van der Waals surface area (Å²) in [6.07, 6.45) is 2.84. The first-order chi connectivity index (χ1) is 10.0. The van der Waals surface area contributed by atoms with Gasteiger partial charge in [-0.2, -0.15) is 0 Å². The van der Waals surface area contributed by atoms with E-state index in [9.17, 15) is 14.9 Å². The van der Waals surface area contributed by atoms with Crippen LogP contribution in [0, 0.1) is 23.0 Å². The fraction of sp³-hybridized carbons (Fsp3) is 0.571. The quantitative estimate of drug-likeness (QED) is 0.480. The summed E-state index contributed by atoms with van der Waals surface area (Å²) in [6, 6.07) is 1.63. The molecule has 0 bridgehead atoms. The average molecular weight is 293 g/mol. The van der Waals surface area contributed by atoms with Gasteiger partial charge in [-0.1, -0.05) is 0 Å². The second-order valence-corrected chi connectivity index (χ2v) is 5.07. The molecule has 1 saturated heterocycles. The summed E-state index contributed by atoms with van der Waals surface area (Å²) in [7, 11) is 0. The Morgan fingerprint density at radius 2 is 2.19 bits per heavy atom. The van der Waals surface area contributed by atoms with E-state index in [4.69, 9.17) is 4.74 Å². The number of aromatic nitrogens is 1. The molecular formula is C14H19N3O4. The molecule has 1 aliphatic rings. The standard InChI is InChI=1S/C14H19N3O4/c1-3-21-14(18)11-5-8-16(9-6-11)13-12(17(19)20)10(2)4-7-15-13/h4,7,11H,3,5-6,8-9H2,1-2H3. The fourth-order valence-corrected chi connectivity index (χ4v) is 2.58. The average Bonchev–Trinajstić information content (AvgIpc) is 2.47. The second-order valence-electron chi connectivity index (χ2n) is 5.07. The van der Waals surface area contributed by atoms with Crippen LogP contribution < -0.4 is 4.90 Å². The number of esters is 1. The minimum Gasteiger partial charge on any atom is -0.466 e. The van der Waals surface area contributed by atoms with E-state index in [1.54, 1.807) is 26.1 Å². The number of pyridine rings is 1. The molecule has 0 aromatic carbocycles. The minimum atomic E-state index is -0.394. The van der Waals surface area contributed by atoms with Crippen LogP contribution in [-0.4, -0.2) is 35.6 Å². The molecule has 0 N–H and O–H groups in total. The van der Waals surface area contributed by atoms with Gasteiger partial charge in [-0.25, -0.2) is 4.98 Å². The maximum atomic E-state index is 11.7. The number of anilines is 1. The molecule has 0 radical (unpaired) electrons. The van der Waals surface area contributed by atoms with Crippen molar-refractivity contribution >= 4 is 17.5 Å². The molecule has 21 heavy (non-hydrogen) atoms. The second kappa shape index (κ2) is 6.51. The van der Waals surface area contributed by atoms with Crippen LogP contribution in [0.25, 0.3) is 0 Å². The van der Waals surface area contributed by atoms with Crippen LogP contribution in [0.4, 0.5) is 11.5 Å². The van der Waals surface area contributed by atoms with Crippen molar-refractivity contribution in [3.05, 3.63) is 27.9 Å². The maximum Gasteiger partial charge on any atom is 0.314 e. The van der Waals surface area contributed by atoms with Crippen molar-refractivity contribution in [3.8, 4) is 0 Å². The largest absolute Gasteiger partial charge is 0.466 e. The van der Waals surface area contributed by atoms with Gasteiger partial charge in [-0.15, -0.1) is 0 Å². The zero-order valence-electron chi connectivity index (χ0n) is 12.2. The highest BCUT2D eigenvalue weighted by molar-refractivity contribution is 5.73. The number of rotatable bonds is 4. The number of nitro groups is 1. The van der Waals surface area contributed by atoms with Gasteiger partial charge in [0, 0.05) is 24.8 Å². The van der Waals surface area contributed by atoms with Gasteiger partial charge in [-0.3, -0.25) is 14.9 Å². The lowest BCUT2D eigenvalue weighted by Crippen LogP contribution is -2.37. The van der Waals surface area contributed by atoms with Gasteiger partial charge in [0.1, 0.15) is 0 Å². The maximum absolute atomic E-state index is 11.7. The van der Waals surface area contributed by atoms with Gasteiger partial charge in [0.2, 0.25) is 5.82 Å². The van der Waals surface area contributed by atoms with E-state index >= 15 is 0 Å². The van der Waals surface area contributed by atoms with Crippen LogP contribution in [0.3, 0.4) is 0 Å². The Morgan fingerprint density at radius 1 is 1.52 bits per heavy atom. The first-order valence-corrected chi connectivity index (χ1v) is 7.06. The first kappa shape index (κ1) is 15.2. The molecule has 0 unspecified atom stereocenters. The van der Waals surface area contributed by atoms with Crippen LogP contribution in [-0.2, 0) is 9.53 Å². The summed E-state index contributed by atoms with van der Waals surface area (Å²) in [5.41, 5.74) is 0.643. The normalized spacial score (nSPS) is 15.8. The predicted molar refractivity (Wildman–Crippen MR) is 77.2 cm³/mol. The summed E-state index contributed by atoms with van der Waals surface area (Å²) in [4.78, 5) is 28.6. The van der Waals surface area contributed by atoms with Crippen molar-refractivity contribution in [2.45, 2.75) is 26.7 Å². The monoisotopic (exact) mass is 293 g/mol. The van der Waals surface area contributed by atoms with E-state index in [0.717, 1.165) is 0 Å². The molecule has 0 amide bonds. The Bertz CT molecular complexity index is 539. The van der Waals surface area contributed by atoms with E-state index in [1.165, 1.54) is 0 Å². The van der Waals surface area contributed by atoms with E-state index in [1.807, 2.05) is 4.90 Å². The SMILES string of the molecule is CCOC(=O)C1CCN(c2nccc(C)c2[N+](=O)[O-])CC1. The summed E-state index contributed by atoms with van der Waals surface area (Å²) in [5, 5.41) is 11.2. The zero-order valence-corrected chi connectivity index (χ0v) is 12.2. The van der Waals surface area contributed by atoms with Gasteiger partial charge in [0.25, 0.3) is 0 Å². The zero-order chi connectivity index (χ0) is 15.4. The molecule has 0 atom stereocenters. The Labute approximate surface area is 123 Å². The Kier molecular flexibility index (Phi) is 4.72. The van der Waals surface area contributed by atoms with Gasteiger partial charge < -0.3 is 9.64 Å². The number of carbonyl (C=O) groups is 1. The van der Waals surface area contributed by atoms with Crippen LogP contribution in [0.2, 0.25) is 0 Å². The van der Waals surface area contributed by atoms with Gasteiger partial charge in [-0.05, 0) is 32.8 Å². The number of nitrogens with zero attached hydrogens (tertiary/aromatic N) is 3. The summed E-state index contributed by atoms with van der Waals surface area (Å²) >= 11 is 0. The molecule has 0 aliphatic carbocycles. The molecule has 7 heteroatoms. The van der Waals surface area contributed by atoms with Crippen molar-refractivity contribution in [3.63, 3.8) is 0 Å². The predicted octanol–water partition coefficient (Wildman–Crippen LogP) is 2.08. The fourth-order valence-electron chi connectivity index (χ4n) is 2.58. The molecule has 0 saturated carbocycles. The summed E-state index contributed by atoms with van der Waals surface area (Å²) < 4.78 is 5.02. The molecule has 1 aliphatic heterocycles. The number of hydrogen-bond acceptors (Lipinski definition) is 6. The number of ether oxygens (including phenoxy) is 1. The highest BCUT2D eigenvalue weighted by Gasteiger charge is 2.30. The molecule has 114 valence electrons. The molecule has 7 nitrogen and oxygen atoms in total. The topological polar surface area (TPSA) is 85.6 Å². The highest BCUT2D eigenvalue weighted by atomic mass is 16.6. The Morgan fingerprint density at radius 3 is 2.76 bits per heavy atom. The lowest BCUT2D eigenvalue weighted by atomic mass is 9.97. The first-order valence-electron chi connectivity index (χ1n) is 7.06. The van der Waals surface area contributed by atoms with Crippen LogP contribution in [0.15, 0.2) is 12.3 Å². The Balaban J connectivity index is 2.11. The summed E-state index contributed by atoms with van der Waals surface area (Å²) in [5.74, 6) is 0.0937. The van der Waals surface area contributed by atoms with Crippen LogP contribution in [0.5, 0.6) is 0 Å². The molecule has 1 fully saturated rings. The molecule has 1 aromatic heterocycles. The van der Waals surface area contributed by atoms with E-state index < -0.39 is 4.92 Å². The van der Waals surface area contributed by atoms with Crippen molar-refractivity contribution in [1.82, 2.24) is 4.98 Å².